The minimum Gasteiger partial charge on any atom is -0.382 e. The van der Waals surface area contributed by atoms with Crippen LogP contribution in [0.25, 0.3) is 16.8 Å². The third-order valence-electron chi connectivity index (χ3n) is 7.31. The quantitative estimate of drug-likeness (QED) is 0.431. The number of likely N-dealkylation sites (tertiary alicyclic amines) is 1. The molecule has 0 spiro atoms. The van der Waals surface area contributed by atoms with E-state index in [4.69, 9.17) is 17.3 Å². The Morgan fingerprint density at radius 1 is 1.20 bits per heavy atom. The molecule has 40 heavy (non-hydrogen) atoms. The zero-order valence-corrected chi connectivity index (χ0v) is 21.7. The molecule has 2 aliphatic rings. The molecular weight excluding hydrogens is 566 g/mol. The van der Waals surface area contributed by atoms with Crippen LogP contribution in [0.5, 0.6) is 0 Å². The van der Waals surface area contributed by atoms with Crippen molar-refractivity contribution in [2.75, 3.05) is 18.8 Å². The van der Waals surface area contributed by atoms with Crippen molar-refractivity contribution in [1.82, 2.24) is 24.8 Å². The molecule has 1 unspecified atom stereocenters. The number of rotatable bonds is 4. The predicted molar refractivity (Wildman–Crippen MR) is 133 cm³/mol. The van der Waals surface area contributed by atoms with Crippen molar-refractivity contribution in [3.05, 3.63) is 46.2 Å². The standard InChI is InChI=1S/C25H23ClF6N6O2/c1-11-4-13(18-6-15(25(30,31)32)20-21(33)34-10-35-38(18)20)5-14(19(11)26)22(39)36-17-9-37(8-16(17)27)23(40)12-2-3-24(28,29)7-12/h4-6,10,12,16-17H,2-3,7-9H2,1H3,(H,36,39)(H2,33,34,35)/t12?,16-,17+/m0/s1. The van der Waals surface area contributed by atoms with Crippen LogP contribution >= 0.6 is 11.6 Å². The largest absolute Gasteiger partial charge is 0.418 e. The van der Waals surface area contributed by atoms with Crippen molar-refractivity contribution in [3.8, 4) is 11.3 Å². The maximum atomic E-state index is 14.8. The second-order valence-corrected chi connectivity index (χ2v) is 10.5. The van der Waals surface area contributed by atoms with E-state index in [-0.39, 0.29) is 41.4 Å². The number of nitrogens with zero attached hydrogens (tertiary/aromatic N) is 4. The summed E-state index contributed by atoms with van der Waals surface area (Å²) in [7, 11) is 0. The SMILES string of the molecule is Cc1cc(-c2cc(C(F)(F)F)c3c(N)ncnn23)cc(C(=O)N[C@@H]2CN(C(=O)C3CCC(F)(F)C3)C[C@@H]2F)c1Cl. The molecule has 2 aromatic heterocycles. The lowest BCUT2D eigenvalue weighted by Gasteiger charge is -2.20. The Kier molecular flexibility index (Phi) is 6.87. The Balaban J connectivity index is 1.41. The van der Waals surface area contributed by atoms with Crippen molar-refractivity contribution in [3.63, 3.8) is 0 Å². The van der Waals surface area contributed by atoms with Crippen LogP contribution in [0.15, 0.2) is 24.5 Å². The zero-order chi connectivity index (χ0) is 29.1. The second-order valence-electron chi connectivity index (χ2n) is 10.1. The molecule has 8 nitrogen and oxygen atoms in total. The van der Waals surface area contributed by atoms with Gasteiger partial charge in [0.05, 0.1) is 34.4 Å². The van der Waals surface area contributed by atoms with E-state index in [9.17, 15) is 35.9 Å². The summed E-state index contributed by atoms with van der Waals surface area (Å²) in [6.45, 7) is 0.951. The maximum absolute atomic E-state index is 14.8. The van der Waals surface area contributed by atoms with Gasteiger partial charge in [0.15, 0.2) is 5.82 Å². The van der Waals surface area contributed by atoms with E-state index in [1.807, 2.05) is 0 Å². The normalized spacial score (nSPS) is 22.7. The highest BCUT2D eigenvalue weighted by atomic mass is 35.5. The average molecular weight is 589 g/mol. The van der Waals surface area contributed by atoms with Gasteiger partial charge in [-0.3, -0.25) is 9.59 Å². The van der Waals surface area contributed by atoms with Gasteiger partial charge in [-0.15, -0.1) is 0 Å². The van der Waals surface area contributed by atoms with Gasteiger partial charge in [-0.1, -0.05) is 11.6 Å². The van der Waals surface area contributed by atoms with E-state index in [2.05, 4.69) is 15.4 Å². The van der Waals surface area contributed by atoms with Gasteiger partial charge in [0.25, 0.3) is 5.91 Å². The van der Waals surface area contributed by atoms with Crippen LogP contribution in [-0.2, 0) is 11.0 Å². The molecule has 2 amide bonds. The molecular formula is C25H23ClF6N6O2. The number of amides is 2. The number of fused-ring (bicyclic) bond motifs is 1. The first kappa shape index (κ1) is 28.0. The number of nitrogens with two attached hydrogens (primary N) is 1. The average Bonchev–Trinajstić information content (AvgIpc) is 3.55. The number of carbonyl (C=O) groups excluding carboxylic acids is 2. The first-order valence-electron chi connectivity index (χ1n) is 12.3. The Labute approximate surface area is 228 Å². The summed E-state index contributed by atoms with van der Waals surface area (Å²) in [5.41, 5.74) is 4.49. The fourth-order valence-corrected chi connectivity index (χ4v) is 5.51. The van der Waals surface area contributed by atoms with Gasteiger partial charge >= 0.3 is 6.18 Å². The Bertz CT molecular complexity index is 1510. The van der Waals surface area contributed by atoms with Crippen LogP contribution in [0, 0.1) is 12.8 Å². The number of hydrogen-bond donors (Lipinski definition) is 2. The predicted octanol–water partition coefficient (Wildman–Crippen LogP) is 4.67. The number of nitrogens with one attached hydrogen (secondary N) is 1. The summed E-state index contributed by atoms with van der Waals surface area (Å²) in [5, 5.41) is 6.37. The highest BCUT2D eigenvalue weighted by molar-refractivity contribution is 6.34. The zero-order valence-electron chi connectivity index (χ0n) is 20.9. The van der Waals surface area contributed by atoms with E-state index in [0.717, 1.165) is 21.8 Å². The minimum absolute atomic E-state index is 0.000961. The number of alkyl halides is 6. The van der Waals surface area contributed by atoms with Gasteiger partial charge in [-0.05, 0) is 37.1 Å². The van der Waals surface area contributed by atoms with E-state index in [1.54, 1.807) is 0 Å². The molecule has 1 aliphatic heterocycles. The van der Waals surface area contributed by atoms with E-state index >= 15 is 0 Å². The van der Waals surface area contributed by atoms with Crippen molar-refractivity contribution < 1.29 is 35.9 Å². The molecule has 3 N–H and O–H groups in total. The number of anilines is 1. The number of aromatic nitrogens is 3. The third-order valence-corrected chi connectivity index (χ3v) is 7.81. The molecule has 1 aliphatic carbocycles. The van der Waals surface area contributed by atoms with Crippen molar-refractivity contribution in [1.29, 1.82) is 0 Å². The lowest BCUT2D eigenvalue weighted by atomic mass is 10.0. The van der Waals surface area contributed by atoms with Crippen LogP contribution in [0.2, 0.25) is 5.02 Å². The molecule has 1 saturated carbocycles. The van der Waals surface area contributed by atoms with Gasteiger partial charge in [-0.25, -0.2) is 22.7 Å². The lowest BCUT2D eigenvalue weighted by molar-refractivity contribution is -0.136. The molecule has 0 bridgehead atoms. The molecule has 1 aromatic carbocycles. The molecule has 1 saturated heterocycles. The molecule has 0 radical (unpaired) electrons. The molecule has 214 valence electrons. The van der Waals surface area contributed by atoms with Crippen LogP contribution < -0.4 is 11.1 Å². The van der Waals surface area contributed by atoms with Gasteiger partial charge in [0.1, 0.15) is 18.0 Å². The summed E-state index contributed by atoms with van der Waals surface area (Å²) in [6.07, 6.45) is -6.46. The van der Waals surface area contributed by atoms with E-state index in [0.29, 0.717) is 5.56 Å². The topological polar surface area (TPSA) is 106 Å². The van der Waals surface area contributed by atoms with Gasteiger partial charge in [0.2, 0.25) is 11.8 Å². The highest BCUT2D eigenvalue weighted by Crippen LogP contribution is 2.41. The Hall–Kier alpha value is -3.55. The molecule has 3 heterocycles. The van der Waals surface area contributed by atoms with Gasteiger partial charge in [0, 0.05) is 30.9 Å². The molecule has 3 atom stereocenters. The van der Waals surface area contributed by atoms with Gasteiger partial charge < -0.3 is 16.0 Å². The molecule has 15 heteroatoms. The monoisotopic (exact) mass is 588 g/mol. The summed E-state index contributed by atoms with van der Waals surface area (Å²) >= 11 is 6.36. The lowest BCUT2D eigenvalue weighted by Crippen LogP contribution is -2.42. The number of hydrogen-bond acceptors (Lipinski definition) is 5. The first-order valence-corrected chi connectivity index (χ1v) is 12.7. The third kappa shape index (κ3) is 5.04. The van der Waals surface area contributed by atoms with Gasteiger partial charge in [-0.2, -0.15) is 18.3 Å². The number of nitrogen functional groups attached to an aromatic ring is 1. The van der Waals surface area contributed by atoms with E-state index < -0.39 is 71.8 Å². The minimum atomic E-state index is -4.78. The van der Waals surface area contributed by atoms with Crippen LogP contribution in [-0.4, -0.2) is 62.5 Å². The van der Waals surface area contributed by atoms with Crippen LogP contribution in [0.1, 0.15) is 40.7 Å². The summed E-state index contributed by atoms with van der Waals surface area (Å²) in [4.78, 5) is 30.6. The number of carbonyl (C=O) groups is 2. The van der Waals surface area contributed by atoms with Crippen LogP contribution in [0.4, 0.5) is 32.2 Å². The fraction of sp³-hybridized carbons (Fsp3) is 0.440. The van der Waals surface area contributed by atoms with Crippen LogP contribution in [0.3, 0.4) is 0 Å². The van der Waals surface area contributed by atoms with Crippen molar-refractivity contribution in [2.24, 2.45) is 5.92 Å². The highest BCUT2D eigenvalue weighted by Gasteiger charge is 2.46. The Morgan fingerprint density at radius 2 is 1.93 bits per heavy atom. The number of halogens is 7. The maximum Gasteiger partial charge on any atom is 0.418 e. The molecule has 2 fully saturated rings. The van der Waals surface area contributed by atoms with E-state index in [1.165, 1.54) is 19.1 Å². The smallest absolute Gasteiger partial charge is 0.382 e. The first-order chi connectivity index (χ1) is 18.7. The molecule has 3 aromatic rings. The molecule has 5 rings (SSSR count). The Morgan fingerprint density at radius 3 is 2.58 bits per heavy atom. The van der Waals surface area contributed by atoms with Crippen molar-refractivity contribution >= 4 is 34.7 Å². The fourth-order valence-electron chi connectivity index (χ4n) is 5.32. The summed E-state index contributed by atoms with van der Waals surface area (Å²) < 4.78 is 84.2. The van der Waals surface area contributed by atoms with Crippen molar-refractivity contribution in [2.45, 2.75) is 50.5 Å². The summed E-state index contributed by atoms with van der Waals surface area (Å²) in [5.74, 6) is -5.66. The number of benzene rings is 1. The summed E-state index contributed by atoms with van der Waals surface area (Å²) in [6, 6.07) is 2.40. The second kappa shape index (κ2) is 9.82. The number of aryl methyl sites for hydroxylation is 1.